The Balaban J connectivity index is 1.13. The molecule has 2 saturated heterocycles. The van der Waals surface area contributed by atoms with E-state index < -0.39 is 35.8 Å². The first-order chi connectivity index (χ1) is 29.2. The number of likely N-dealkylation sites (tertiary alicyclic amines) is 1. The van der Waals surface area contributed by atoms with E-state index in [4.69, 9.17) is 9.47 Å². The minimum absolute atomic E-state index is 0.0737. The van der Waals surface area contributed by atoms with Gasteiger partial charge >= 0.3 is 18.5 Å². The maximum absolute atomic E-state index is 13.7. The van der Waals surface area contributed by atoms with E-state index in [1.54, 1.807) is 52.4 Å². The number of aromatic amines is 1. The zero-order chi connectivity index (χ0) is 45.1. The van der Waals surface area contributed by atoms with Crippen molar-refractivity contribution in [1.82, 2.24) is 30.1 Å². The van der Waals surface area contributed by atoms with E-state index in [2.05, 4.69) is 30.3 Å². The number of rotatable bonds is 10. The van der Waals surface area contributed by atoms with E-state index in [-0.39, 0.29) is 52.9 Å². The number of nitrogens with one attached hydrogen (secondary N) is 3. The molecule has 0 saturated carbocycles. The van der Waals surface area contributed by atoms with Gasteiger partial charge in [-0.3, -0.25) is 9.59 Å². The second-order valence-corrected chi connectivity index (χ2v) is 16.9. The maximum Gasteiger partial charge on any atom is 0.573 e. The van der Waals surface area contributed by atoms with Crippen molar-refractivity contribution in [2.75, 3.05) is 37.0 Å². The van der Waals surface area contributed by atoms with Crippen molar-refractivity contribution in [2.45, 2.75) is 97.4 Å². The first kappa shape index (κ1) is 45.2. The highest BCUT2D eigenvalue weighted by molar-refractivity contribution is 6.04. The fourth-order valence-electron chi connectivity index (χ4n) is 7.64. The quantitative estimate of drug-likeness (QED) is 0.141. The van der Waals surface area contributed by atoms with Gasteiger partial charge in [-0.25, -0.2) is 19.6 Å². The standard InChI is InChI=1S/C44H53F3N8O7/c1-25(2)37(52-41(58)60-8)40(57)53-19-9-10-34(53)38-49-22-33(51-38)29-13-11-28(12-14-29)32-17-16-31(20-35(32)61-44(45,46)47)50-39(56)30-15-18-36(48-21-30)54-23-27(4)55(24-26(54)3)42(59)62-43(5,6)7/h11-18,20-22,25-27,34,37H,9-10,19,23-24H2,1-8H3,(H,49,51)(H,50,56)(H,52,58)/t26-,27+,34?,37+/m1/s1. The second kappa shape index (κ2) is 18.3. The smallest absolute Gasteiger partial charge is 0.453 e. The van der Waals surface area contributed by atoms with Gasteiger partial charge in [0.2, 0.25) is 5.91 Å². The molecule has 2 aromatic carbocycles. The Kier molecular flexibility index (Phi) is 13.4. The highest BCUT2D eigenvalue weighted by Crippen LogP contribution is 2.38. The number of nitrogens with zero attached hydrogens (tertiary/aromatic N) is 5. The third kappa shape index (κ3) is 10.8. The molecule has 4 heterocycles. The van der Waals surface area contributed by atoms with Crippen LogP contribution in [0.5, 0.6) is 5.75 Å². The van der Waals surface area contributed by atoms with Crippen LogP contribution in [0.2, 0.25) is 0 Å². The molecule has 62 heavy (non-hydrogen) atoms. The topological polar surface area (TPSA) is 171 Å². The number of amides is 4. The SMILES string of the molecule is COC(=O)N[C@H](C(=O)N1CCCC1c1ncc(-c2ccc(-c3ccc(NC(=O)c4ccc(N5C[C@H](C)N(C(=O)OC(C)(C)C)C[C@H]5C)nc4)cc3OC(F)(F)F)cc2)[nH]1)C(C)C. The molecule has 0 bridgehead atoms. The fourth-order valence-corrected chi connectivity index (χ4v) is 7.64. The van der Waals surface area contributed by atoms with Crippen LogP contribution in [0.25, 0.3) is 22.4 Å². The van der Waals surface area contributed by atoms with Crippen molar-refractivity contribution in [3.63, 3.8) is 0 Å². The number of alkyl halides is 3. The van der Waals surface area contributed by atoms with Crippen molar-refractivity contribution >= 4 is 35.5 Å². The van der Waals surface area contributed by atoms with E-state index in [1.807, 2.05) is 53.4 Å². The maximum atomic E-state index is 13.7. The van der Waals surface area contributed by atoms with Crippen LogP contribution in [0, 0.1) is 5.92 Å². The molecular formula is C44H53F3N8O7. The van der Waals surface area contributed by atoms with E-state index in [1.165, 1.54) is 25.4 Å². The van der Waals surface area contributed by atoms with Crippen molar-refractivity contribution in [3.8, 4) is 28.1 Å². The summed E-state index contributed by atoms with van der Waals surface area (Å²) in [5.41, 5.74) is 1.53. The van der Waals surface area contributed by atoms with Crippen LogP contribution < -0.4 is 20.3 Å². The summed E-state index contributed by atoms with van der Waals surface area (Å²) in [7, 11) is 1.24. The number of methoxy groups -OCH3 is 1. The molecule has 4 aromatic rings. The fraction of sp³-hybridized carbons (Fsp3) is 0.455. The lowest BCUT2D eigenvalue weighted by atomic mass is 10.0. The van der Waals surface area contributed by atoms with Gasteiger partial charge in [-0.2, -0.15) is 0 Å². The predicted octanol–water partition coefficient (Wildman–Crippen LogP) is 8.17. The molecular weight excluding hydrogens is 810 g/mol. The van der Waals surface area contributed by atoms with Gasteiger partial charge in [0.15, 0.2) is 0 Å². The number of ether oxygens (including phenoxy) is 3. The zero-order valence-corrected chi connectivity index (χ0v) is 36.0. The predicted molar refractivity (Wildman–Crippen MR) is 225 cm³/mol. The summed E-state index contributed by atoms with van der Waals surface area (Å²) in [4.78, 5) is 69.4. The average molecular weight is 863 g/mol. The van der Waals surface area contributed by atoms with E-state index in [9.17, 15) is 32.3 Å². The third-order valence-corrected chi connectivity index (χ3v) is 10.7. The van der Waals surface area contributed by atoms with E-state index >= 15 is 0 Å². The first-order valence-electron chi connectivity index (χ1n) is 20.5. The summed E-state index contributed by atoms with van der Waals surface area (Å²) < 4.78 is 55.9. The van der Waals surface area contributed by atoms with Crippen molar-refractivity contribution in [2.24, 2.45) is 5.92 Å². The Hall–Kier alpha value is -6.33. The van der Waals surface area contributed by atoms with Gasteiger partial charge in [0, 0.05) is 55.2 Å². The third-order valence-electron chi connectivity index (χ3n) is 10.7. The molecule has 4 amide bonds. The molecule has 1 unspecified atom stereocenters. The molecule has 0 aliphatic carbocycles. The summed E-state index contributed by atoms with van der Waals surface area (Å²) >= 11 is 0. The van der Waals surface area contributed by atoms with Crippen molar-refractivity contribution < 1.29 is 46.6 Å². The van der Waals surface area contributed by atoms with Crippen LogP contribution >= 0.6 is 0 Å². The molecule has 4 atom stereocenters. The lowest BCUT2D eigenvalue weighted by Gasteiger charge is -2.44. The Morgan fingerprint density at radius 2 is 1.60 bits per heavy atom. The zero-order valence-electron chi connectivity index (χ0n) is 36.0. The number of halogens is 3. The Morgan fingerprint density at radius 1 is 0.887 bits per heavy atom. The largest absolute Gasteiger partial charge is 0.573 e. The van der Waals surface area contributed by atoms with Crippen LogP contribution in [0.4, 0.5) is 34.3 Å². The molecule has 0 radical (unpaired) electrons. The van der Waals surface area contributed by atoms with Crippen LogP contribution in [0.3, 0.4) is 0 Å². The number of piperazine rings is 1. The number of H-pyrrole nitrogens is 1. The number of benzene rings is 2. The van der Waals surface area contributed by atoms with E-state index in [0.717, 1.165) is 12.5 Å². The van der Waals surface area contributed by atoms with Gasteiger partial charge in [-0.05, 0) is 88.8 Å². The number of carbonyl (C=O) groups excluding carboxylic acids is 4. The highest BCUT2D eigenvalue weighted by Gasteiger charge is 2.38. The number of pyridine rings is 1. The number of anilines is 2. The highest BCUT2D eigenvalue weighted by atomic mass is 19.4. The molecule has 2 fully saturated rings. The summed E-state index contributed by atoms with van der Waals surface area (Å²) in [6.45, 7) is 14.4. The van der Waals surface area contributed by atoms with Gasteiger partial charge in [-0.15, -0.1) is 13.2 Å². The molecule has 2 aromatic heterocycles. The minimum Gasteiger partial charge on any atom is -0.453 e. The molecule has 15 nitrogen and oxygen atoms in total. The van der Waals surface area contributed by atoms with Gasteiger partial charge in [-0.1, -0.05) is 38.1 Å². The summed E-state index contributed by atoms with van der Waals surface area (Å²) in [6.07, 6.45) is -1.66. The number of carbonyl (C=O) groups is 4. The van der Waals surface area contributed by atoms with Gasteiger partial charge in [0.25, 0.3) is 5.91 Å². The van der Waals surface area contributed by atoms with Crippen LogP contribution in [-0.2, 0) is 14.3 Å². The molecule has 2 aliphatic heterocycles. The molecule has 6 rings (SSSR count). The number of imidazole rings is 1. The Bertz CT molecular complexity index is 2240. The van der Waals surface area contributed by atoms with Crippen LogP contribution in [0.1, 0.15) is 83.5 Å². The number of hydrogen-bond acceptors (Lipinski definition) is 10. The van der Waals surface area contributed by atoms with Gasteiger partial charge < -0.3 is 44.5 Å². The van der Waals surface area contributed by atoms with Crippen LogP contribution in [0.15, 0.2) is 67.0 Å². The second-order valence-electron chi connectivity index (χ2n) is 16.9. The normalized spacial score (nSPS) is 18.6. The molecule has 3 N–H and O–H groups in total. The Morgan fingerprint density at radius 3 is 2.23 bits per heavy atom. The minimum atomic E-state index is -5.02. The molecule has 2 aliphatic rings. The van der Waals surface area contributed by atoms with Crippen LogP contribution in [-0.4, -0.2) is 106 Å². The van der Waals surface area contributed by atoms with E-state index in [0.29, 0.717) is 54.5 Å². The summed E-state index contributed by atoms with van der Waals surface area (Å²) in [5, 5.41) is 5.28. The number of hydrogen-bond donors (Lipinski definition) is 3. The number of aromatic nitrogens is 3. The Labute approximate surface area is 358 Å². The van der Waals surface area contributed by atoms with Crippen molar-refractivity contribution in [3.05, 3.63) is 78.4 Å². The molecule has 0 spiro atoms. The summed E-state index contributed by atoms with van der Waals surface area (Å²) in [5.74, 6) is -0.349. The number of alkyl carbamates (subject to hydrolysis) is 1. The average Bonchev–Trinajstić information content (AvgIpc) is 3.90. The molecule has 18 heteroatoms. The molecule has 332 valence electrons. The lowest BCUT2D eigenvalue weighted by molar-refractivity contribution is -0.274. The first-order valence-corrected chi connectivity index (χ1v) is 20.5. The van der Waals surface area contributed by atoms with Gasteiger partial charge in [0.05, 0.1) is 30.6 Å². The van der Waals surface area contributed by atoms with Crippen molar-refractivity contribution in [1.29, 1.82) is 0 Å². The monoisotopic (exact) mass is 862 g/mol. The lowest BCUT2D eigenvalue weighted by Crippen LogP contribution is -2.59. The van der Waals surface area contributed by atoms with Gasteiger partial charge in [0.1, 0.15) is 29.0 Å². The summed E-state index contributed by atoms with van der Waals surface area (Å²) in [6, 6.07) is 12.7.